The standard InChI is InChI=1S/C15H24N2O4/c1-2-5-12(15(20)21)16-14(19)10-8-13(18)17(9-10)11-6-3-4-7-11/h10-12H,2-9H2,1H3,(H,16,19)(H,20,21)/t10?,12-/m0/s1. The molecule has 6 nitrogen and oxygen atoms in total. The van der Waals surface area contributed by atoms with E-state index in [1.54, 1.807) is 0 Å². The van der Waals surface area contributed by atoms with E-state index in [0.29, 0.717) is 19.4 Å². The summed E-state index contributed by atoms with van der Waals surface area (Å²) in [7, 11) is 0. The lowest BCUT2D eigenvalue weighted by Crippen LogP contribution is -2.44. The Morgan fingerprint density at radius 2 is 2.05 bits per heavy atom. The van der Waals surface area contributed by atoms with Gasteiger partial charge < -0.3 is 15.3 Å². The third-order valence-electron chi connectivity index (χ3n) is 4.49. The van der Waals surface area contributed by atoms with E-state index in [-0.39, 0.29) is 24.3 Å². The molecule has 2 N–H and O–H groups in total. The fourth-order valence-electron chi connectivity index (χ4n) is 3.31. The van der Waals surface area contributed by atoms with Crippen LogP contribution in [0.3, 0.4) is 0 Å². The number of nitrogens with zero attached hydrogens (tertiary/aromatic N) is 1. The van der Waals surface area contributed by atoms with Crippen molar-refractivity contribution in [2.75, 3.05) is 6.54 Å². The molecule has 2 amide bonds. The normalized spacial score (nSPS) is 24.3. The van der Waals surface area contributed by atoms with Crippen LogP contribution < -0.4 is 5.32 Å². The van der Waals surface area contributed by atoms with E-state index < -0.39 is 17.9 Å². The monoisotopic (exact) mass is 296 g/mol. The minimum atomic E-state index is -1.01. The van der Waals surface area contributed by atoms with Crippen LogP contribution in [0.25, 0.3) is 0 Å². The molecule has 1 aliphatic carbocycles. The molecule has 1 saturated heterocycles. The smallest absolute Gasteiger partial charge is 0.326 e. The molecule has 1 saturated carbocycles. The van der Waals surface area contributed by atoms with E-state index in [1.807, 2.05) is 11.8 Å². The van der Waals surface area contributed by atoms with Crippen molar-refractivity contribution >= 4 is 17.8 Å². The Kier molecular flexibility index (Phi) is 5.20. The summed E-state index contributed by atoms with van der Waals surface area (Å²) in [5.74, 6) is -1.69. The van der Waals surface area contributed by atoms with Gasteiger partial charge in [0.15, 0.2) is 0 Å². The van der Waals surface area contributed by atoms with Gasteiger partial charge in [-0.25, -0.2) is 4.79 Å². The topological polar surface area (TPSA) is 86.7 Å². The largest absolute Gasteiger partial charge is 0.480 e. The summed E-state index contributed by atoms with van der Waals surface area (Å²) in [5.41, 5.74) is 0. The molecule has 0 radical (unpaired) electrons. The lowest BCUT2D eigenvalue weighted by molar-refractivity contribution is -0.142. The maximum absolute atomic E-state index is 12.2. The Balaban J connectivity index is 1.91. The Morgan fingerprint density at radius 3 is 2.62 bits per heavy atom. The second kappa shape index (κ2) is 6.91. The van der Waals surface area contributed by atoms with E-state index in [0.717, 1.165) is 25.7 Å². The van der Waals surface area contributed by atoms with Gasteiger partial charge in [-0.2, -0.15) is 0 Å². The molecule has 21 heavy (non-hydrogen) atoms. The molecule has 0 aromatic carbocycles. The number of carbonyl (C=O) groups is 3. The lowest BCUT2D eigenvalue weighted by atomic mass is 10.1. The van der Waals surface area contributed by atoms with E-state index >= 15 is 0 Å². The first-order valence-corrected chi connectivity index (χ1v) is 7.85. The summed E-state index contributed by atoms with van der Waals surface area (Å²) < 4.78 is 0. The van der Waals surface area contributed by atoms with Gasteiger partial charge in [-0.1, -0.05) is 26.2 Å². The molecule has 1 heterocycles. The van der Waals surface area contributed by atoms with Crippen molar-refractivity contribution in [1.29, 1.82) is 0 Å². The number of carboxylic acid groups (broad SMARTS) is 1. The molecule has 1 aliphatic heterocycles. The number of nitrogens with one attached hydrogen (secondary N) is 1. The third-order valence-corrected chi connectivity index (χ3v) is 4.49. The van der Waals surface area contributed by atoms with Gasteiger partial charge in [0.25, 0.3) is 0 Å². The molecule has 0 aromatic rings. The number of hydrogen-bond acceptors (Lipinski definition) is 3. The maximum atomic E-state index is 12.2. The van der Waals surface area contributed by atoms with E-state index in [2.05, 4.69) is 5.32 Å². The molecule has 2 aliphatic rings. The second-order valence-electron chi connectivity index (χ2n) is 6.07. The highest BCUT2D eigenvalue weighted by atomic mass is 16.4. The molecular weight excluding hydrogens is 272 g/mol. The van der Waals surface area contributed by atoms with Crippen LogP contribution in [0.5, 0.6) is 0 Å². The predicted molar refractivity (Wildman–Crippen MR) is 76.6 cm³/mol. The molecule has 0 spiro atoms. The Labute approximate surface area is 124 Å². The summed E-state index contributed by atoms with van der Waals surface area (Å²) in [6.45, 7) is 2.32. The SMILES string of the molecule is CCC[C@H](NC(=O)C1CC(=O)N(C2CCCC2)C1)C(=O)O. The first kappa shape index (κ1) is 15.8. The zero-order chi connectivity index (χ0) is 15.4. The van der Waals surface area contributed by atoms with Crippen LogP contribution in [0.1, 0.15) is 51.9 Å². The van der Waals surface area contributed by atoms with Crippen molar-refractivity contribution in [1.82, 2.24) is 10.2 Å². The van der Waals surface area contributed by atoms with Gasteiger partial charge in [0.1, 0.15) is 6.04 Å². The Hall–Kier alpha value is -1.59. The predicted octanol–water partition coefficient (Wildman–Crippen LogP) is 1.15. The molecule has 2 atom stereocenters. The van der Waals surface area contributed by atoms with E-state index in [1.165, 1.54) is 0 Å². The number of carboxylic acids is 1. The number of amides is 2. The summed E-state index contributed by atoms with van der Waals surface area (Å²) in [5, 5.41) is 11.7. The van der Waals surface area contributed by atoms with Gasteiger partial charge in [0.05, 0.1) is 5.92 Å². The van der Waals surface area contributed by atoms with Crippen molar-refractivity contribution in [3.8, 4) is 0 Å². The molecule has 6 heteroatoms. The van der Waals surface area contributed by atoms with Crippen molar-refractivity contribution in [2.45, 2.75) is 64.0 Å². The van der Waals surface area contributed by atoms with Crippen molar-refractivity contribution in [3.63, 3.8) is 0 Å². The lowest BCUT2D eigenvalue weighted by Gasteiger charge is -2.24. The van der Waals surface area contributed by atoms with Crippen LogP contribution >= 0.6 is 0 Å². The Bertz CT molecular complexity index is 418. The summed E-state index contributed by atoms with van der Waals surface area (Å²) in [4.78, 5) is 37.2. The third kappa shape index (κ3) is 3.74. The van der Waals surface area contributed by atoms with Crippen LogP contribution in [0.4, 0.5) is 0 Å². The van der Waals surface area contributed by atoms with Gasteiger partial charge in [-0.3, -0.25) is 9.59 Å². The number of rotatable bonds is 6. The highest BCUT2D eigenvalue weighted by Crippen LogP contribution is 2.29. The fraction of sp³-hybridized carbons (Fsp3) is 0.800. The van der Waals surface area contributed by atoms with E-state index in [4.69, 9.17) is 5.11 Å². The fourth-order valence-corrected chi connectivity index (χ4v) is 3.31. The average molecular weight is 296 g/mol. The number of likely N-dealkylation sites (tertiary alicyclic amines) is 1. The molecule has 0 bridgehead atoms. The molecule has 2 fully saturated rings. The molecule has 0 aromatic heterocycles. The van der Waals surface area contributed by atoms with Crippen LogP contribution in [-0.4, -0.2) is 46.4 Å². The molecule has 1 unspecified atom stereocenters. The van der Waals surface area contributed by atoms with Gasteiger partial charge in [-0.05, 0) is 19.3 Å². The zero-order valence-corrected chi connectivity index (χ0v) is 12.5. The highest BCUT2D eigenvalue weighted by Gasteiger charge is 2.39. The van der Waals surface area contributed by atoms with Crippen molar-refractivity contribution < 1.29 is 19.5 Å². The van der Waals surface area contributed by atoms with Gasteiger partial charge in [-0.15, -0.1) is 0 Å². The minimum absolute atomic E-state index is 0.0319. The van der Waals surface area contributed by atoms with Gasteiger partial charge in [0.2, 0.25) is 11.8 Å². The minimum Gasteiger partial charge on any atom is -0.480 e. The number of aliphatic carboxylic acids is 1. The summed E-state index contributed by atoms with van der Waals surface area (Å²) in [6, 6.07) is -0.570. The van der Waals surface area contributed by atoms with Crippen LogP contribution in [0.15, 0.2) is 0 Å². The van der Waals surface area contributed by atoms with E-state index in [9.17, 15) is 14.4 Å². The van der Waals surface area contributed by atoms with Gasteiger partial charge in [0, 0.05) is 19.0 Å². The second-order valence-corrected chi connectivity index (χ2v) is 6.07. The maximum Gasteiger partial charge on any atom is 0.326 e. The van der Waals surface area contributed by atoms with Crippen LogP contribution in [-0.2, 0) is 14.4 Å². The average Bonchev–Trinajstić information content (AvgIpc) is 3.06. The highest BCUT2D eigenvalue weighted by molar-refractivity contribution is 5.91. The Morgan fingerprint density at radius 1 is 1.38 bits per heavy atom. The molecule has 118 valence electrons. The van der Waals surface area contributed by atoms with Gasteiger partial charge >= 0.3 is 5.97 Å². The quantitative estimate of drug-likeness (QED) is 0.769. The van der Waals surface area contributed by atoms with Crippen LogP contribution in [0.2, 0.25) is 0 Å². The van der Waals surface area contributed by atoms with Crippen molar-refractivity contribution in [2.24, 2.45) is 5.92 Å². The van der Waals surface area contributed by atoms with Crippen molar-refractivity contribution in [3.05, 3.63) is 0 Å². The number of hydrogen-bond donors (Lipinski definition) is 2. The molecule has 2 rings (SSSR count). The first-order chi connectivity index (χ1) is 10.0. The molecular formula is C15H24N2O4. The summed E-state index contributed by atoms with van der Waals surface area (Å²) in [6.07, 6.45) is 5.64. The first-order valence-electron chi connectivity index (χ1n) is 7.85. The summed E-state index contributed by atoms with van der Waals surface area (Å²) >= 11 is 0. The number of carbonyl (C=O) groups excluding carboxylic acids is 2. The van der Waals surface area contributed by atoms with Crippen LogP contribution in [0, 0.1) is 5.92 Å². The zero-order valence-electron chi connectivity index (χ0n) is 12.5.